The SMILES string of the molecule is CC(C)(CNC(=O)Nc1ccc(S(C)(=O)=O)nn1)C1CCCC1. The summed E-state index contributed by atoms with van der Waals surface area (Å²) in [6, 6.07) is 2.38. The number of hydrogen-bond acceptors (Lipinski definition) is 5. The van der Waals surface area contributed by atoms with Gasteiger partial charge in [-0.1, -0.05) is 26.7 Å². The van der Waals surface area contributed by atoms with Crippen LogP contribution in [0.2, 0.25) is 0 Å². The fraction of sp³-hybridized carbons (Fsp3) is 0.667. The van der Waals surface area contributed by atoms with E-state index < -0.39 is 9.84 Å². The molecule has 0 radical (unpaired) electrons. The third kappa shape index (κ3) is 4.89. The number of urea groups is 1. The summed E-state index contributed by atoms with van der Waals surface area (Å²) in [5, 5.41) is 12.6. The van der Waals surface area contributed by atoms with Crippen molar-refractivity contribution in [3.63, 3.8) is 0 Å². The summed E-state index contributed by atoms with van der Waals surface area (Å²) >= 11 is 0. The second-order valence-corrected chi connectivity index (χ2v) is 8.77. The van der Waals surface area contributed by atoms with Gasteiger partial charge in [-0.05, 0) is 36.3 Å². The topological polar surface area (TPSA) is 101 Å². The predicted octanol–water partition coefficient (Wildman–Crippen LogP) is 2.22. The lowest BCUT2D eigenvalue weighted by Gasteiger charge is -2.31. The molecule has 0 saturated heterocycles. The normalized spacial score (nSPS) is 16.3. The zero-order chi connectivity index (χ0) is 17.1. The Bertz CT molecular complexity index is 650. The van der Waals surface area contributed by atoms with Gasteiger partial charge < -0.3 is 5.32 Å². The molecule has 2 rings (SSSR count). The molecule has 2 N–H and O–H groups in total. The molecule has 23 heavy (non-hydrogen) atoms. The number of carbonyl (C=O) groups excluding carboxylic acids is 1. The summed E-state index contributed by atoms with van der Waals surface area (Å²) in [6.45, 7) is 4.92. The monoisotopic (exact) mass is 340 g/mol. The third-order valence-electron chi connectivity index (χ3n) is 4.43. The fourth-order valence-electron chi connectivity index (χ4n) is 2.90. The Morgan fingerprint density at radius 3 is 2.43 bits per heavy atom. The molecule has 1 aliphatic carbocycles. The van der Waals surface area contributed by atoms with Gasteiger partial charge in [0.05, 0.1) is 0 Å². The van der Waals surface area contributed by atoms with Gasteiger partial charge in [-0.2, -0.15) is 0 Å². The first-order chi connectivity index (χ1) is 10.7. The summed E-state index contributed by atoms with van der Waals surface area (Å²) in [5.74, 6) is 0.852. The zero-order valence-electron chi connectivity index (χ0n) is 13.8. The average Bonchev–Trinajstić information content (AvgIpc) is 3.00. The number of aromatic nitrogens is 2. The van der Waals surface area contributed by atoms with Crippen LogP contribution in [-0.4, -0.2) is 37.4 Å². The van der Waals surface area contributed by atoms with Gasteiger partial charge in [-0.15, -0.1) is 10.2 Å². The Morgan fingerprint density at radius 1 is 1.26 bits per heavy atom. The van der Waals surface area contributed by atoms with Gasteiger partial charge in [0.1, 0.15) is 0 Å². The predicted molar refractivity (Wildman–Crippen MR) is 87.9 cm³/mol. The molecule has 1 fully saturated rings. The van der Waals surface area contributed by atoms with Crippen LogP contribution in [0, 0.1) is 11.3 Å². The number of nitrogens with one attached hydrogen (secondary N) is 2. The Kier molecular flexibility index (Phi) is 5.23. The van der Waals surface area contributed by atoms with Crippen molar-refractivity contribution in [3.05, 3.63) is 12.1 Å². The summed E-state index contributed by atoms with van der Waals surface area (Å²) in [7, 11) is -3.39. The maximum Gasteiger partial charge on any atom is 0.320 e. The molecule has 1 aromatic rings. The number of hydrogen-bond donors (Lipinski definition) is 2. The average molecular weight is 340 g/mol. The quantitative estimate of drug-likeness (QED) is 0.856. The minimum absolute atomic E-state index is 0.0552. The van der Waals surface area contributed by atoms with E-state index in [1.807, 2.05) is 0 Å². The van der Waals surface area contributed by atoms with E-state index >= 15 is 0 Å². The van der Waals surface area contributed by atoms with E-state index in [1.165, 1.54) is 37.8 Å². The molecule has 1 heterocycles. The number of sulfone groups is 1. The lowest BCUT2D eigenvalue weighted by molar-refractivity contribution is 0.204. The highest BCUT2D eigenvalue weighted by molar-refractivity contribution is 7.90. The second-order valence-electron chi connectivity index (χ2n) is 6.81. The van der Waals surface area contributed by atoms with Crippen LogP contribution < -0.4 is 10.6 Å². The standard InChI is InChI=1S/C15H24N4O3S/c1-15(2,11-6-4-5-7-11)10-16-14(20)17-12-8-9-13(19-18-12)23(3,21)22/h8-9,11H,4-7,10H2,1-3H3,(H2,16,17,18,20). The van der Waals surface area contributed by atoms with Crippen molar-refractivity contribution in [3.8, 4) is 0 Å². The van der Waals surface area contributed by atoms with Gasteiger partial charge in [0.25, 0.3) is 0 Å². The summed E-state index contributed by atoms with van der Waals surface area (Å²) < 4.78 is 22.6. The van der Waals surface area contributed by atoms with E-state index in [1.54, 1.807) is 0 Å². The minimum atomic E-state index is -3.39. The van der Waals surface area contributed by atoms with E-state index in [2.05, 4.69) is 34.7 Å². The maximum absolute atomic E-state index is 11.9. The van der Waals surface area contributed by atoms with Crippen LogP contribution in [-0.2, 0) is 9.84 Å². The molecule has 8 heteroatoms. The Hall–Kier alpha value is -1.70. The van der Waals surface area contributed by atoms with Crippen LogP contribution in [0.1, 0.15) is 39.5 Å². The molecule has 2 amide bonds. The lowest BCUT2D eigenvalue weighted by atomic mass is 9.78. The van der Waals surface area contributed by atoms with Gasteiger partial charge >= 0.3 is 6.03 Å². The summed E-state index contributed by atoms with van der Waals surface area (Å²) in [4.78, 5) is 11.9. The summed E-state index contributed by atoms with van der Waals surface area (Å²) in [6.07, 6.45) is 6.02. The van der Waals surface area contributed by atoms with Crippen molar-refractivity contribution >= 4 is 21.7 Å². The molecule has 128 valence electrons. The first kappa shape index (κ1) is 17.7. The molecule has 0 atom stereocenters. The van der Waals surface area contributed by atoms with Crippen molar-refractivity contribution in [2.24, 2.45) is 11.3 Å². The van der Waals surface area contributed by atoms with Crippen molar-refractivity contribution in [1.82, 2.24) is 15.5 Å². The second kappa shape index (κ2) is 6.82. The fourth-order valence-corrected chi connectivity index (χ4v) is 3.41. The number of anilines is 1. The van der Waals surface area contributed by atoms with Gasteiger partial charge in [-0.3, -0.25) is 5.32 Å². The Morgan fingerprint density at radius 2 is 1.91 bits per heavy atom. The van der Waals surface area contributed by atoms with Crippen molar-refractivity contribution in [2.45, 2.75) is 44.6 Å². The maximum atomic E-state index is 11.9. The van der Waals surface area contributed by atoms with E-state index in [0.29, 0.717) is 12.5 Å². The number of nitrogens with zero attached hydrogens (tertiary/aromatic N) is 2. The third-order valence-corrected chi connectivity index (χ3v) is 5.40. The lowest BCUT2D eigenvalue weighted by Crippen LogP contribution is -2.40. The minimum Gasteiger partial charge on any atom is -0.337 e. The summed E-state index contributed by atoms with van der Waals surface area (Å²) in [5.41, 5.74) is 0.0552. The van der Waals surface area contributed by atoms with Crippen LogP contribution in [0.25, 0.3) is 0 Å². The van der Waals surface area contributed by atoms with Gasteiger partial charge in [0.2, 0.25) is 0 Å². The zero-order valence-corrected chi connectivity index (χ0v) is 14.6. The number of amides is 2. The Labute approximate surface area is 137 Å². The molecule has 1 aliphatic rings. The van der Waals surface area contributed by atoms with Gasteiger partial charge in [-0.25, -0.2) is 13.2 Å². The van der Waals surface area contributed by atoms with Crippen LogP contribution in [0.5, 0.6) is 0 Å². The molecule has 0 spiro atoms. The molecule has 0 bridgehead atoms. The highest BCUT2D eigenvalue weighted by atomic mass is 32.2. The first-order valence-corrected chi connectivity index (χ1v) is 9.66. The van der Waals surface area contributed by atoms with Crippen molar-refractivity contribution in [1.29, 1.82) is 0 Å². The number of carbonyl (C=O) groups is 1. The molecular weight excluding hydrogens is 316 g/mol. The van der Waals surface area contributed by atoms with Crippen LogP contribution >= 0.6 is 0 Å². The smallest absolute Gasteiger partial charge is 0.320 e. The van der Waals surface area contributed by atoms with Crippen LogP contribution in [0.15, 0.2) is 17.2 Å². The van der Waals surface area contributed by atoms with E-state index in [4.69, 9.17) is 0 Å². The van der Waals surface area contributed by atoms with Gasteiger partial charge in [0, 0.05) is 12.8 Å². The molecule has 1 saturated carbocycles. The molecule has 1 aromatic heterocycles. The van der Waals surface area contributed by atoms with Crippen LogP contribution in [0.4, 0.5) is 10.6 Å². The molecule has 0 unspecified atom stereocenters. The molecule has 0 aliphatic heterocycles. The molecule has 0 aromatic carbocycles. The van der Waals surface area contributed by atoms with Gasteiger partial charge in [0.15, 0.2) is 20.7 Å². The van der Waals surface area contributed by atoms with Crippen molar-refractivity contribution < 1.29 is 13.2 Å². The molecular formula is C15H24N4O3S. The van der Waals surface area contributed by atoms with E-state index in [9.17, 15) is 13.2 Å². The van der Waals surface area contributed by atoms with E-state index in [-0.39, 0.29) is 22.3 Å². The molecule has 7 nitrogen and oxygen atoms in total. The largest absolute Gasteiger partial charge is 0.337 e. The highest BCUT2D eigenvalue weighted by Gasteiger charge is 2.31. The number of rotatable bonds is 5. The highest BCUT2D eigenvalue weighted by Crippen LogP contribution is 2.38. The first-order valence-electron chi connectivity index (χ1n) is 7.77. The van der Waals surface area contributed by atoms with E-state index in [0.717, 1.165) is 6.26 Å². The van der Waals surface area contributed by atoms with Crippen molar-refractivity contribution in [2.75, 3.05) is 18.1 Å². The van der Waals surface area contributed by atoms with Crippen LogP contribution in [0.3, 0.4) is 0 Å². The Balaban J connectivity index is 1.87.